The van der Waals surface area contributed by atoms with Crippen LogP contribution in [0, 0.1) is 0 Å². The topological polar surface area (TPSA) is 96.4 Å². The van der Waals surface area contributed by atoms with Gasteiger partial charge in [-0.1, -0.05) is 24.3 Å². The molecule has 3 aromatic rings. The second-order valence-electron chi connectivity index (χ2n) is 9.36. The van der Waals surface area contributed by atoms with Crippen molar-refractivity contribution in [2.24, 2.45) is 0 Å². The van der Waals surface area contributed by atoms with E-state index in [1.165, 1.54) is 5.56 Å². The third-order valence-electron chi connectivity index (χ3n) is 6.75. The highest BCUT2D eigenvalue weighted by Crippen LogP contribution is 2.33. The van der Waals surface area contributed by atoms with E-state index in [0.717, 1.165) is 51.3 Å². The van der Waals surface area contributed by atoms with E-state index in [0.29, 0.717) is 37.3 Å². The van der Waals surface area contributed by atoms with E-state index in [2.05, 4.69) is 28.5 Å². The molecule has 0 saturated carbocycles. The molecule has 0 radical (unpaired) electrons. The number of benzene rings is 2. The quantitative estimate of drug-likeness (QED) is 0.414. The number of hydrogen-bond donors (Lipinski definition) is 1. The highest BCUT2D eigenvalue weighted by molar-refractivity contribution is 8.18. The zero-order valence-corrected chi connectivity index (χ0v) is 21.8. The van der Waals surface area contributed by atoms with Crippen LogP contribution in [0.3, 0.4) is 0 Å². The van der Waals surface area contributed by atoms with Gasteiger partial charge in [-0.25, -0.2) is 0 Å². The summed E-state index contributed by atoms with van der Waals surface area (Å²) in [6, 6.07) is 14.1. The summed E-state index contributed by atoms with van der Waals surface area (Å²) in [4.78, 5) is 54.8. The van der Waals surface area contributed by atoms with Crippen molar-refractivity contribution in [2.45, 2.75) is 39.2 Å². The number of carbonyl (C=O) groups is 4. The molecule has 1 aromatic heterocycles. The number of aromatic nitrogens is 1. The number of nitrogens with one attached hydrogen (secondary N) is 1. The lowest BCUT2D eigenvalue weighted by atomic mass is 9.93. The first-order valence-corrected chi connectivity index (χ1v) is 13.4. The first-order chi connectivity index (χ1) is 18.4. The molecule has 1 saturated heterocycles. The van der Waals surface area contributed by atoms with Gasteiger partial charge < -0.3 is 4.90 Å². The lowest BCUT2D eigenvalue weighted by Gasteiger charge is -2.29. The van der Waals surface area contributed by atoms with Crippen LogP contribution in [0.1, 0.15) is 42.9 Å². The smallest absolute Gasteiger partial charge is 0.290 e. The summed E-state index contributed by atoms with van der Waals surface area (Å²) >= 11 is 0.895. The van der Waals surface area contributed by atoms with Crippen molar-refractivity contribution in [1.82, 2.24) is 15.2 Å². The number of hydrogen-bond acceptors (Lipinski definition) is 6. The number of allylic oxidation sites excluding steroid dienone is 2. The molecule has 1 fully saturated rings. The van der Waals surface area contributed by atoms with Gasteiger partial charge in [-0.3, -0.25) is 29.5 Å². The molecule has 0 aliphatic carbocycles. The fourth-order valence-corrected chi connectivity index (χ4v) is 5.54. The zero-order valence-electron chi connectivity index (χ0n) is 21.0. The van der Waals surface area contributed by atoms with E-state index in [1.54, 1.807) is 24.4 Å². The first-order valence-electron chi connectivity index (χ1n) is 12.6. The maximum absolute atomic E-state index is 12.8. The molecular weight excluding hydrogens is 498 g/mol. The van der Waals surface area contributed by atoms with Crippen molar-refractivity contribution in [3.63, 3.8) is 0 Å². The number of amides is 3. The number of rotatable bonds is 7. The summed E-state index contributed by atoms with van der Waals surface area (Å²) in [5.41, 5.74) is 6.01. The van der Waals surface area contributed by atoms with Gasteiger partial charge in [-0.05, 0) is 95.8 Å². The third-order valence-corrected chi connectivity index (χ3v) is 7.56. The second-order valence-corrected chi connectivity index (χ2v) is 10.4. The number of ketones is 1. The Morgan fingerprint density at radius 3 is 2.74 bits per heavy atom. The maximum Gasteiger partial charge on any atom is 0.290 e. The second kappa shape index (κ2) is 11.1. The van der Waals surface area contributed by atoms with Crippen molar-refractivity contribution in [3.8, 4) is 11.1 Å². The van der Waals surface area contributed by atoms with Gasteiger partial charge in [-0.15, -0.1) is 0 Å². The largest absolute Gasteiger partial charge is 0.338 e. The molecule has 2 aliphatic rings. The van der Waals surface area contributed by atoms with Crippen molar-refractivity contribution >= 4 is 51.6 Å². The first kappa shape index (κ1) is 25.6. The Labute approximate surface area is 225 Å². The standard InChI is InChI=1S/C30H27N3O4S/c1-2-4-23(34)5-3-6-28(35)33-14-12-20-8-9-21(17-22(20)18-33)24-11-13-31-26-10-7-19(15-25(24)26)16-27-29(36)32-30(37)38-27/h2,4,7-11,13,15-17H,3,5-6,12,14,18H2,1H3,(H,32,36,37)/b4-2+,27-16-. The monoisotopic (exact) mass is 525 g/mol. The Hall–Kier alpha value is -4.04. The molecular formula is C30H27N3O4S. The van der Waals surface area contributed by atoms with Crippen LogP contribution in [0.4, 0.5) is 4.79 Å². The minimum atomic E-state index is -0.385. The van der Waals surface area contributed by atoms with Crippen molar-refractivity contribution in [2.75, 3.05) is 6.54 Å². The van der Waals surface area contributed by atoms with Gasteiger partial charge >= 0.3 is 0 Å². The summed E-state index contributed by atoms with van der Waals surface area (Å²) < 4.78 is 0. The Bertz CT molecular complexity index is 1530. The number of imide groups is 1. The minimum Gasteiger partial charge on any atom is -0.338 e. The highest BCUT2D eigenvalue weighted by Gasteiger charge is 2.25. The molecule has 2 aliphatic heterocycles. The van der Waals surface area contributed by atoms with Crippen LogP contribution in [-0.2, 0) is 27.3 Å². The molecule has 0 spiro atoms. The van der Waals surface area contributed by atoms with Crippen LogP contribution in [0.15, 0.2) is 65.7 Å². The van der Waals surface area contributed by atoms with E-state index in [9.17, 15) is 19.2 Å². The lowest BCUT2D eigenvalue weighted by Crippen LogP contribution is -2.35. The molecule has 8 heteroatoms. The van der Waals surface area contributed by atoms with Gasteiger partial charge in [0.1, 0.15) is 0 Å². The predicted molar refractivity (Wildman–Crippen MR) is 149 cm³/mol. The predicted octanol–water partition coefficient (Wildman–Crippen LogP) is 5.43. The van der Waals surface area contributed by atoms with E-state index >= 15 is 0 Å². The summed E-state index contributed by atoms with van der Waals surface area (Å²) in [5.74, 6) is -0.255. The van der Waals surface area contributed by atoms with Crippen LogP contribution < -0.4 is 5.32 Å². The van der Waals surface area contributed by atoms with Crippen LogP contribution in [0.25, 0.3) is 28.1 Å². The van der Waals surface area contributed by atoms with Crippen molar-refractivity contribution in [3.05, 3.63) is 82.4 Å². The highest BCUT2D eigenvalue weighted by atomic mass is 32.2. The van der Waals surface area contributed by atoms with Gasteiger partial charge in [-0.2, -0.15) is 0 Å². The molecule has 7 nitrogen and oxygen atoms in total. The SMILES string of the molecule is C/C=C/C(=O)CCCC(=O)N1CCc2ccc(-c3ccnc4ccc(/C=C5\SC(=O)NC5=O)cc34)cc2C1. The lowest BCUT2D eigenvalue weighted by molar-refractivity contribution is -0.132. The van der Waals surface area contributed by atoms with E-state index in [-0.39, 0.29) is 22.8 Å². The number of nitrogens with zero attached hydrogens (tertiary/aromatic N) is 2. The number of carbonyl (C=O) groups excluding carboxylic acids is 4. The average molecular weight is 526 g/mol. The summed E-state index contributed by atoms with van der Waals surface area (Å²) in [6.07, 6.45) is 8.88. The Morgan fingerprint density at radius 1 is 1.08 bits per heavy atom. The molecule has 2 aromatic carbocycles. The molecule has 5 rings (SSSR count). The minimum absolute atomic E-state index is 0.0524. The zero-order chi connectivity index (χ0) is 26.6. The number of thioether (sulfide) groups is 1. The van der Waals surface area contributed by atoms with E-state index in [4.69, 9.17) is 0 Å². The molecule has 1 N–H and O–H groups in total. The number of pyridine rings is 1. The Kier molecular flexibility index (Phi) is 7.51. The van der Waals surface area contributed by atoms with Gasteiger partial charge in [0.2, 0.25) is 5.91 Å². The van der Waals surface area contributed by atoms with Crippen molar-refractivity contribution in [1.29, 1.82) is 0 Å². The normalized spacial score (nSPS) is 16.3. The Morgan fingerprint density at radius 2 is 1.95 bits per heavy atom. The van der Waals surface area contributed by atoms with Crippen LogP contribution in [-0.4, -0.2) is 39.3 Å². The molecule has 3 amide bonds. The molecule has 0 unspecified atom stereocenters. The van der Waals surface area contributed by atoms with Gasteiger partial charge in [0, 0.05) is 37.5 Å². The summed E-state index contributed by atoms with van der Waals surface area (Å²) in [6.45, 7) is 3.04. The molecule has 0 bridgehead atoms. The fourth-order valence-electron chi connectivity index (χ4n) is 4.86. The average Bonchev–Trinajstić information content (AvgIpc) is 3.23. The summed E-state index contributed by atoms with van der Waals surface area (Å²) in [5, 5.41) is 2.85. The summed E-state index contributed by atoms with van der Waals surface area (Å²) in [7, 11) is 0. The third kappa shape index (κ3) is 5.60. The molecule has 0 atom stereocenters. The molecule has 192 valence electrons. The molecule has 38 heavy (non-hydrogen) atoms. The van der Waals surface area contributed by atoms with Crippen LogP contribution >= 0.6 is 11.8 Å². The number of fused-ring (bicyclic) bond motifs is 2. The fraction of sp³-hybridized carbons (Fsp3) is 0.233. The molecule has 3 heterocycles. The van der Waals surface area contributed by atoms with Gasteiger partial charge in [0.05, 0.1) is 10.4 Å². The Balaban J connectivity index is 1.38. The van der Waals surface area contributed by atoms with Gasteiger partial charge in [0.25, 0.3) is 11.1 Å². The van der Waals surface area contributed by atoms with E-state index in [1.807, 2.05) is 36.1 Å². The van der Waals surface area contributed by atoms with Crippen molar-refractivity contribution < 1.29 is 19.2 Å². The maximum atomic E-state index is 12.8. The van der Waals surface area contributed by atoms with Crippen LogP contribution in [0.2, 0.25) is 0 Å². The van der Waals surface area contributed by atoms with Crippen LogP contribution in [0.5, 0.6) is 0 Å². The van der Waals surface area contributed by atoms with E-state index < -0.39 is 0 Å². The van der Waals surface area contributed by atoms with Gasteiger partial charge in [0.15, 0.2) is 5.78 Å².